The van der Waals surface area contributed by atoms with Gasteiger partial charge in [-0.05, 0) is 18.1 Å². The van der Waals surface area contributed by atoms with Gasteiger partial charge in [0.2, 0.25) is 0 Å². The summed E-state index contributed by atoms with van der Waals surface area (Å²) >= 11 is 0. The van der Waals surface area contributed by atoms with Crippen LogP contribution in [0.5, 0.6) is 5.75 Å². The Hall–Kier alpha value is -3.15. The lowest BCUT2D eigenvalue weighted by atomic mass is 10.1. The normalized spacial score (nSPS) is 12.6. The van der Waals surface area contributed by atoms with Crippen LogP contribution in [0.25, 0.3) is 11.1 Å². The third kappa shape index (κ3) is 3.69. The van der Waals surface area contributed by atoms with Crippen LogP contribution in [0, 0.1) is 0 Å². The van der Waals surface area contributed by atoms with Crippen LogP contribution >= 0.6 is 0 Å². The van der Waals surface area contributed by atoms with Crippen LogP contribution in [-0.2, 0) is 24.3 Å². The molecule has 0 saturated heterocycles. The molecule has 2 heterocycles. The molecule has 0 radical (unpaired) electrons. The number of carbonyl (C=O) groups is 1. The van der Waals surface area contributed by atoms with E-state index in [1.807, 2.05) is 54.6 Å². The van der Waals surface area contributed by atoms with E-state index in [1.165, 1.54) is 0 Å². The zero-order valence-corrected chi connectivity index (χ0v) is 15.3. The van der Waals surface area contributed by atoms with Crippen LogP contribution in [0.1, 0.15) is 18.1 Å². The Morgan fingerprint density at radius 3 is 2.74 bits per heavy atom. The van der Waals surface area contributed by atoms with E-state index in [0.717, 1.165) is 42.2 Å². The lowest BCUT2D eigenvalue weighted by Gasteiger charge is -2.18. The molecular weight excluding hydrogens is 340 g/mol. The number of aromatic nitrogens is 3. The number of ether oxygens (including phenoxy) is 1. The molecule has 138 valence electrons. The van der Waals surface area contributed by atoms with Gasteiger partial charge >= 0.3 is 0 Å². The summed E-state index contributed by atoms with van der Waals surface area (Å²) in [4.78, 5) is 14.2. The number of para-hydroxylation sites is 1. The van der Waals surface area contributed by atoms with Crippen molar-refractivity contribution in [3.05, 3.63) is 66.2 Å². The first-order valence-corrected chi connectivity index (χ1v) is 9.14. The zero-order chi connectivity index (χ0) is 18.6. The number of fused-ring (bicyclic) bond motifs is 1. The molecule has 0 unspecified atom stereocenters. The number of nitrogens with zero attached hydrogens (tertiary/aromatic N) is 4. The largest absolute Gasteiger partial charge is 0.483 e. The van der Waals surface area contributed by atoms with E-state index in [2.05, 4.69) is 14.8 Å². The summed E-state index contributed by atoms with van der Waals surface area (Å²) in [6, 6.07) is 17.8. The monoisotopic (exact) mass is 362 g/mol. The van der Waals surface area contributed by atoms with Crippen molar-refractivity contribution in [1.82, 2.24) is 19.7 Å². The summed E-state index contributed by atoms with van der Waals surface area (Å²) in [6.45, 7) is 1.36. The smallest absolute Gasteiger partial charge is 0.260 e. The average molecular weight is 362 g/mol. The number of aryl methyl sites for hydroxylation is 1. The Labute approximate surface area is 158 Å². The molecule has 0 atom stereocenters. The molecule has 0 saturated carbocycles. The lowest BCUT2D eigenvalue weighted by Crippen LogP contribution is -2.32. The molecule has 0 N–H and O–H groups in total. The first-order chi connectivity index (χ1) is 13.2. The molecule has 27 heavy (non-hydrogen) atoms. The van der Waals surface area contributed by atoms with E-state index in [4.69, 9.17) is 4.74 Å². The second-order valence-electron chi connectivity index (χ2n) is 6.69. The highest BCUT2D eigenvalue weighted by molar-refractivity contribution is 5.78. The summed E-state index contributed by atoms with van der Waals surface area (Å²) in [7, 11) is 1.77. The van der Waals surface area contributed by atoms with Crippen molar-refractivity contribution in [2.24, 2.45) is 0 Å². The Morgan fingerprint density at radius 1 is 1.11 bits per heavy atom. The number of amides is 1. The Morgan fingerprint density at radius 2 is 1.89 bits per heavy atom. The first kappa shape index (κ1) is 17.3. The molecule has 4 rings (SSSR count). The van der Waals surface area contributed by atoms with Crippen LogP contribution in [0.4, 0.5) is 0 Å². The number of hydrogen-bond acceptors (Lipinski definition) is 4. The number of rotatable bonds is 6. The average Bonchev–Trinajstić information content (AvgIpc) is 3.32. The van der Waals surface area contributed by atoms with Crippen LogP contribution in [0.15, 0.2) is 54.6 Å². The Balaban J connectivity index is 1.41. The fraction of sp³-hybridized carbons (Fsp3) is 0.286. The molecule has 3 aromatic rings. The minimum atomic E-state index is -0.0896. The molecule has 6 nitrogen and oxygen atoms in total. The van der Waals surface area contributed by atoms with E-state index in [0.29, 0.717) is 12.3 Å². The van der Waals surface area contributed by atoms with Crippen molar-refractivity contribution in [3.8, 4) is 16.9 Å². The van der Waals surface area contributed by atoms with Gasteiger partial charge in [-0.25, -0.2) is 0 Å². The van der Waals surface area contributed by atoms with Gasteiger partial charge in [0.15, 0.2) is 12.4 Å². The fourth-order valence-corrected chi connectivity index (χ4v) is 3.33. The molecular formula is C21H22N4O2. The summed E-state index contributed by atoms with van der Waals surface area (Å²) in [5.41, 5.74) is 2.04. The zero-order valence-electron chi connectivity index (χ0n) is 15.3. The van der Waals surface area contributed by atoms with E-state index in [9.17, 15) is 4.79 Å². The summed E-state index contributed by atoms with van der Waals surface area (Å²) in [5.74, 6) is 2.46. The van der Waals surface area contributed by atoms with Crippen LogP contribution < -0.4 is 4.74 Å². The molecule has 1 aliphatic heterocycles. The van der Waals surface area contributed by atoms with Crippen LogP contribution in [0.3, 0.4) is 0 Å². The number of benzene rings is 2. The van der Waals surface area contributed by atoms with Gasteiger partial charge in [0.1, 0.15) is 11.6 Å². The lowest BCUT2D eigenvalue weighted by molar-refractivity contribution is -0.132. The fourth-order valence-electron chi connectivity index (χ4n) is 3.33. The van der Waals surface area contributed by atoms with Gasteiger partial charge in [0.25, 0.3) is 5.91 Å². The summed E-state index contributed by atoms with van der Waals surface area (Å²) in [5, 5.41) is 8.40. The minimum absolute atomic E-state index is 0.0126. The molecule has 6 heteroatoms. The third-order valence-electron chi connectivity index (χ3n) is 4.81. The number of carbonyl (C=O) groups excluding carboxylic acids is 1. The van der Waals surface area contributed by atoms with Crippen molar-refractivity contribution < 1.29 is 9.53 Å². The molecule has 2 aromatic carbocycles. The standard InChI is InChI=1S/C21H22N4O2/c1-24(14-20-23-22-19-12-7-13-25(19)20)21(26)15-27-18-11-6-5-10-17(18)16-8-3-2-4-9-16/h2-6,8-11H,7,12-15H2,1H3. The molecule has 1 aliphatic rings. The molecule has 0 fully saturated rings. The van der Waals surface area contributed by atoms with E-state index in [-0.39, 0.29) is 12.5 Å². The third-order valence-corrected chi connectivity index (χ3v) is 4.81. The Kier molecular flexibility index (Phi) is 4.87. The molecule has 1 amide bonds. The van der Waals surface area contributed by atoms with Crippen molar-refractivity contribution in [2.45, 2.75) is 25.9 Å². The van der Waals surface area contributed by atoms with Gasteiger partial charge in [-0.2, -0.15) is 0 Å². The number of likely N-dealkylation sites (N-methyl/N-ethyl adjacent to an activating group) is 1. The van der Waals surface area contributed by atoms with Crippen molar-refractivity contribution in [1.29, 1.82) is 0 Å². The predicted octanol–water partition coefficient (Wildman–Crippen LogP) is 2.93. The first-order valence-electron chi connectivity index (χ1n) is 9.14. The topological polar surface area (TPSA) is 60.2 Å². The van der Waals surface area contributed by atoms with Crippen molar-refractivity contribution in [2.75, 3.05) is 13.7 Å². The van der Waals surface area contributed by atoms with E-state index >= 15 is 0 Å². The summed E-state index contributed by atoms with van der Waals surface area (Å²) in [6.07, 6.45) is 2.05. The molecule has 0 spiro atoms. The second kappa shape index (κ2) is 7.61. The summed E-state index contributed by atoms with van der Waals surface area (Å²) < 4.78 is 7.96. The molecule has 1 aromatic heterocycles. The van der Waals surface area contributed by atoms with Gasteiger partial charge in [0, 0.05) is 25.6 Å². The molecule has 0 aliphatic carbocycles. The van der Waals surface area contributed by atoms with Gasteiger partial charge in [0.05, 0.1) is 6.54 Å². The van der Waals surface area contributed by atoms with Crippen molar-refractivity contribution >= 4 is 5.91 Å². The van der Waals surface area contributed by atoms with E-state index < -0.39 is 0 Å². The highest BCUT2D eigenvalue weighted by Gasteiger charge is 2.20. The maximum Gasteiger partial charge on any atom is 0.260 e. The maximum absolute atomic E-state index is 12.5. The van der Waals surface area contributed by atoms with Gasteiger partial charge in [-0.3, -0.25) is 4.79 Å². The minimum Gasteiger partial charge on any atom is -0.483 e. The maximum atomic E-state index is 12.5. The van der Waals surface area contributed by atoms with E-state index in [1.54, 1.807) is 11.9 Å². The van der Waals surface area contributed by atoms with Crippen LogP contribution in [0.2, 0.25) is 0 Å². The molecule has 0 bridgehead atoms. The van der Waals surface area contributed by atoms with Gasteiger partial charge < -0.3 is 14.2 Å². The predicted molar refractivity (Wildman–Crippen MR) is 102 cm³/mol. The van der Waals surface area contributed by atoms with Gasteiger partial charge in [-0.1, -0.05) is 48.5 Å². The number of hydrogen-bond donors (Lipinski definition) is 0. The highest BCUT2D eigenvalue weighted by Crippen LogP contribution is 2.29. The Bertz CT molecular complexity index is 936. The van der Waals surface area contributed by atoms with Crippen molar-refractivity contribution in [3.63, 3.8) is 0 Å². The SMILES string of the molecule is CN(Cc1nnc2n1CCC2)C(=O)COc1ccccc1-c1ccccc1. The quantitative estimate of drug-likeness (QED) is 0.676. The second-order valence-corrected chi connectivity index (χ2v) is 6.69. The van der Waals surface area contributed by atoms with Crippen LogP contribution in [-0.4, -0.2) is 39.2 Å². The van der Waals surface area contributed by atoms with Gasteiger partial charge in [-0.15, -0.1) is 10.2 Å². The highest BCUT2D eigenvalue weighted by atomic mass is 16.5.